The zero-order valence-electron chi connectivity index (χ0n) is 14.7. The van der Waals surface area contributed by atoms with Gasteiger partial charge in [0.2, 0.25) is 0 Å². The highest BCUT2D eigenvalue weighted by molar-refractivity contribution is 14.1. The molecule has 2 aromatic carbocycles. The Labute approximate surface area is 162 Å². The van der Waals surface area contributed by atoms with Crippen LogP contribution in [0.5, 0.6) is 5.75 Å². The van der Waals surface area contributed by atoms with Gasteiger partial charge in [-0.3, -0.25) is 4.99 Å². The first-order chi connectivity index (χ1) is 12.1. The lowest BCUT2D eigenvalue weighted by Crippen LogP contribution is -1.99. The molecule has 0 saturated heterocycles. The molecule has 1 aromatic heterocycles. The molecule has 128 valence electrons. The molecule has 4 heteroatoms. The summed E-state index contributed by atoms with van der Waals surface area (Å²) in [6, 6.07) is 18.6. The van der Waals surface area contributed by atoms with Crippen LogP contribution < -0.4 is 4.74 Å². The van der Waals surface area contributed by atoms with E-state index in [4.69, 9.17) is 4.74 Å². The number of aryl methyl sites for hydroxylation is 1. The van der Waals surface area contributed by atoms with E-state index in [9.17, 15) is 0 Å². The van der Waals surface area contributed by atoms with Crippen molar-refractivity contribution in [2.24, 2.45) is 4.99 Å². The average Bonchev–Trinajstić information content (AvgIpc) is 2.89. The number of benzene rings is 2. The molecular formula is C21H21IN2O. The van der Waals surface area contributed by atoms with Crippen LogP contribution >= 0.6 is 22.6 Å². The second-order valence-corrected chi connectivity index (χ2v) is 7.04. The van der Waals surface area contributed by atoms with E-state index in [2.05, 4.69) is 76.3 Å². The summed E-state index contributed by atoms with van der Waals surface area (Å²) in [6.07, 6.45) is 1.92. The molecule has 0 spiro atoms. The molecule has 0 aliphatic heterocycles. The molecule has 0 amide bonds. The molecule has 0 bridgehead atoms. The zero-order valence-corrected chi connectivity index (χ0v) is 16.8. The van der Waals surface area contributed by atoms with Gasteiger partial charge in [0.25, 0.3) is 0 Å². The number of nitrogens with zero attached hydrogens (tertiary/aromatic N) is 2. The van der Waals surface area contributed by atoms with E-state index in [1.54, 1.807) is 0 Å². The van der Waals surface area contributed by atoms with Crippen LogP contribution in [0.2, 0.25) is 0 Å². The van der Waals surface area contributed by atoms with E-state index in [0.29, 0.717) is 6.61 Å². The predicted octanol–water partition coefficient (Wildman–Crippen LogP) is 5.85. The molecule has 1 heterocycles. The summed E-state index contributed by atoms with van der Waals surface area (Å²) >= 11 is 2.33. The van der Waals surface area contributed by atoms with Gasteiger partial charge in [0.1, 0.15) is 11.4 Å². The van der Waals surface area contributed by atoms with Gasteiger partial charge in [-0.2, -0.15) is 0 Å². The standard InChI is InChI=1S/C21H21IN2O/c1-4-25-21-8-6-5-7-20(21)23-14-17-13-15(2)24(16(17)3)19-11-9-18(22)10-12-19/h5-14H,4H2,1-3H3. The van der Waals surface area contributed by atoms with Crippen LogP contribution in [-0.2, 0) is 0 Å². The van der Waals surface area contributed by atoms with Gasteiger partial charge in [0, 0.05) is 32.4 Å². The van der Waals surface area contributed by atoms with E-state index in [-0.39, 0.29) is 0 Å². The Kier molecular flexibility index (Phi) is 5.58. The number of para-hydroxylation sites is 2. The molecule has 0 saturated carbocycles. The van der Waals surface area contributed by atoms with Crippen molar-refractivity contribution in [3.8, 4) is 11.4 Å². The number of hydrogen-bond acceptors (Lipinski definition) is 2. The van der Waals surface area contributed by atoms with Gasteiger partial charge in [-0.15, -0.1) is 0 Å². The Balaban J connectivity index is 1.95. The highest BCUT2D eigenvalue weighted by atomic mass is 127. The fourth-order valence-corrected chi connectivity index (χ4v) is 3.25. The second kappa shape index (κ2) is 7.87. The van der Waals surface area contributed by atoms with Crippen molar-refractivity contribution < 1.29 is 4.74 Å². The smallest absolute Gasteiger partial charge is 0.144 e. The van der Waals surface area contributed by atoms with Crippen LogP contribution in [0.15, 0.2) is 59.6 Å². The van der Waals surface area contributed by atoms with E-state index in [1.807, 2.05) is 37.4 Å². The predicted molar refractivity (Wildman–Crippen MR) is 113 cm³/mol. The molecule has 0 N–H and O–H groups in total. The van der Waals surface area contributed by atoms with Crippen molar-refractivity contribution >= 4 is 34.5 Å². The largest absolute Gasteiger partial charge is 0.492 e. The summed E-state index contributed by atoms with van der Waals surface area (Å²) in [5, 5.41) is 0. The molecule has 0 aliphatic carbocycles. The van der Waals surface area contributed by atoms with Gasteiger partial charge in [-0.25, -0.2) is 0 Å². The van der Waals surface area contributed by atoms with E-state index in [0.717, 1.165) is 17.0 Å². The third-order valence-corrected chi connectivity index (χ3v) is 4.78. The van der Waals surface area contributed by atoms with E-state index < -0.39 is 0 Å². The molecule has 0 radical (unpaired) electrons. The summed E-state index contributed by atoms with van der Waals surface area (Å²) in [5.41, 5.74) is 5.50. The fourth-order valence-electron chi connectivity index (χ4n) is 2.89. The second-order valence-electron chi connectivity index (χ2n) is 5.80. The van der Waals surface area contributed by atoms with Crippen molar-refractivity contribution in [1.82, 2.24) is 4.57 Å². The van der Waals surface area contributed by atoms with Crippen molar-refractivity contribution in [1.29, 1.82) is 0 Å². The van der Waals surface area contributed by atoms with E-state index >= 15 is 0 Å². The minimum Gasteiger partial charge on any atom is -0.492 e. The number of halogens is 1. The van der Waals surface area contributed by atoms with Gasteiger partial charge < -0.3 is 9.30 Å². The summed E-state index contributed by atoms with van der Waals surface area (Å²) in [6.45, 7) is 6.86. The number of ether oxygens (including phenoxy) is 1. The lowest BCUT2D eigenvalue weighted by atomic mass is 10.2. The molecule has 3 nitrogen and oxygen atoms in total. The quantitative estimate of drug-likeness (QED) is 0.358. The Morgan fingerprint density at radius 3 is 2.52 bits per heavy atom. The van der Waals surface area contributed by atoms with Crippen LogP contribution in [0.25, 0.3) is 5.69 Å². The number of hydrogen-bond donors (Lipinski definition) is 0. The molecule has 0 unspecified atom stereocenters. The maximum Gasteiger partial charge on any atom is 0.144 e. The summed E-state index contributed by atoms with van der Waals surface area (Å²) < 4.78 is 9.14. The monoisotopic (exact) mass is 444 g/mol. The Morgan fingerprint density at radius 1 is 1.08 bits per heavy atom. The minimum atomic E-state index is 0.633. The number of aliphatic imine (C=N–C) groups is 1. The summed E-state index contributed by atoms with van der Waals surface area (Å²) in [7, 11) is 0. The first-order valence-corrected chi connectivity index (χ1v) is 9.39. The fraction of sp³-hybridized carbons (Fsp3) is 0.190. The third kappa shape index (κ3) is 3.95. The topological polar surface area (TPSA) is 26.5 Å². The molecule has 0 atom stereocenters. The molecule has 0 fully saturated rings. The minimum absolute atomic E-state index is 0.633. The Bertz CT molecular complexity index is 895. The van der Waals surface area contributed by atoms with Crippen molar-refractivity contribution in [3.05, 3.63) is 75.1 Å². The van der Waals surface area contributed by atoms with Crippen molar-refractivity contribution in [2.45, 2.75) is 20.8 Å². The highest BCUT2D eigenvalue weighted by Gasteiger charge is 2.09. The molecule has 3 aromatic rings. The number of rotatable bonds is 5. The van der Waals surface area contributed by atoms with Gasteiger partial charge in [-0.05, 0) is 85.8 Å². The van der Waals surface area contributed by atoms with Crippen LogP contribution in [-0.4, -0.2) is 17.4 Å². The number of aromatic nitrogens is 1. The molecular weight excluding hydrogens is 423 g/mol. The summed E-state index contributed by atoms with van der Waals surface area (Å²) in [4.78, 5) is 4.65. The molecule has 3 rings (SSSR count). The van der Waals surface area contributed by atoms with Gasteiger partial charge in [0.05, 0.1) is 6.61 Å². The highest BCUT2D eigenvalue weighted by Crippen LogP contribution is 2.27. The van der Waals surface area contributed by atoms with Crippen LogP contribution in [0.4, 0.5) is 5.69 Å². The van der Waals surface area contributed by atoms with Gasteiger partial charge >= 0.3 is 0 Å². The first-order valence-electron chi connectivity index (χ1n) is 8.31. The van der Waals surface area contributed by atoms with Gasteiger partial charge in [0.15, 0.2) is 0 Å². The average molecular weight is 444 g/mol. The Hall–Kier alpha value is -2.08. The van der Waals surface area contributed by atoms with Gasteiger partial charge in [-0.1, -0.05) is 12.1 Å². The third-order valence-electron chi connectivity index (χ3n) is 4.06. The SMILES string of the molecule is CCOc1ccccc1N=Cc1cc(C)n(-c2ccc(I)cc2)c1C. The summed E-state index contributed by atoms with van der Waals surface area (Å²) in [5.74, 6) is 0.813. The van der Waals surface area contributed by atoms with Crippen molar-refractivity contribution in [3.63, 3.8) is 0 Å². The van der Waals surface area contributed by atoms with Crippen LogP contribution in [0.3, 0.4) is 0 Å². The lowest BCUT2D eigenvalue weighted by molar-refractivity contribution is 0.341. The first kappa shape index (κ1) is 17.7. The van der Waals surface area contributed by atoms with Crippen LogP contribution in [0.1, 0.15) is 23.9 Å². The maximum atomic E-state index is 5.65. The molecule has 25 heavy (non-hydrogen) atoms. The maximum absolute atomic E-state index is 5.65. The molecule has 0 aliphatic rings. The Morgan fingerprint density at radius 2 is 1.80 bits per heavy atom. The lowest BCUT2D eigenvalue weighted by Gasteiger charge is -2.09. The van der Waals surface area contributed by atoms with Crippen LogP contribution in [0, 0.1) is 17.4 Å². The normalized spacial score (nSPS) is 11.2. The van der Waals surface area contributed by atoms with E-state index in [1.165, 1.54) is 20.6 Å². The zero-order chi connectivity index (χ0) is 17.8. The van der Waals surface area contributed by atoms with Crippen molar-refractivity contribution in [2.75, 3.05) is 6.61 Å².